The number of carbonyl (C=O) groups is 3. The monoisotopic (exact) mass is 200 g/mol. The van der Waals surface area contributed by atoms with Crippen LogP contribution in [0.25, 0.3) is 0 Å². The summed E-state index contributed by atoms with van der Waals surface area (Å²) >= 11 is 0. The molecule has 0 saturated carbocycles. The fraction of sp³-hybridized carbons (Fsp3) is 0.625. The van der Waals surface area contributed by atoms with E-state index in [1.165, 1.54) is 6.92 Å². The van der Waals surface area contributed by atoms with E-state index in [0.29, 0.717) is 0 Å². The summed E-state index contributed by atoms with van der Waals surface area (Å²) in [6.45, 7) is 3.07. The molecule has 14 heavy (non-hydrogen) atoms. The van der Waals surface area contributed by atoms with E-state index < -0.39 is 29.4 Å². The van der Waals surface area contributed by atoms with Crippen molar-refractivity contribution >= 4 is 17.9 Å². The Morgan fingerprint density at radius 2 is 2.14 bits per heavy atom. The van der Waals surface area contributed by atoms with Gasteiger partial charge in [-0.2, -0.15) is 0 Å². The van der Waals surface area contributed by atoms with Crippen LogP contribution in [0.3, 0.4) is 0 Å². The topological polar surface area (TPSA) is 95.5 Å². The Morgan fingerprint density at radius 1 is 1.57 bits per heavy atom. The molecule has 1 fully saturated rings. The molecule has 3 N–H and O–H groups in total. The van der Waals surface area contributed by atoms with Gasteiger partial charge in [-0.3, -0.25) is 14.9 Å². The molecule has 3 amide bonds. The van der Waals surface area contributed by atoms with Crippen molar-refractivity contribution in [3.63, 3.8) is 0 Å². The largest absolute Gasteiger partial charge is 0.481 e. The van der Waals surface area contributed by atoms with E-state index in [1.54, 1.807) is 6.92 Å². The minimum Gasteiger partial charge on any atom is -0.481 e. The number of nitrogens with one attached hydrogen (secondary N) is 2. The minimum atomic E-state index is -1.34. The van der Waals surface area contributed by atoms with Crippen molar-refractivity contribution in [3.8, 4) is 0 Å². The predicted molar refractivity (Wildman–Crippen MR) is 46.5 cm³/mol. The number of hydrogen-bond donors (Lipinski definition) is 3. The van der Waals surface area contributed by atoms with Gasteiger partial charge in [-0.15, -0.1) is 0 Å². The van der Waals surface area contributed by atoms with E-state index in [-0.39, 0.29) is 6.42 Å². The second-order valence-electron chi connectivity index (χ2n) is 3.41. The Bertz CT molecular complexity index is 302. The highest BCUT2D eigenvalue weighted by Gasteiger charge is 2.50. The van der Waals surface area contributed by atoms with Gasteiger partial charge < -0.3 is 10.4 Å². The summed E-state index contributed by atoms with van der Waals surface area (Å²) in [5, 5.41) is 13.2. The number of carbonyl (C=O) groups excluding carboxylic acids is 2. The van der Waals surface area contributed by atoms with Crippen LogP contribution < -0.4 is 10.6 Å². The molecule has 2 atom stereocenters. The zero-order valence-electron chi connectivity index (χ0n) is 7.96. The molecule has 6 heteroatoms. The molecule has 0 aromatic rings. The van der Waals surface area contributed by atoms with Gasteiger partial charge >= 0.3 is 12.0 Å². The van der Waals surface area contributed by atoms with Gasteiger partial charge in [0.05, 0.1) is 5.92 Å². The number of rotatable bonds is 3. The first-order valence-corrected chi connectivity index (χ1v) is 4.28. The maximum atomic E-state index is 11.4. The lowest BCUT2D eigenvalue weighted by Gasteiger charge is -2.26. The Labute approximate surface area is 80.7 Å². The van der Waals surface area contributed by atoms with Gasteiger partial charge in [-0.25, -0.2) is 4.79 Å². The van der Waals surface area contributed by atoms with E-state index in [9.17, 15) is 14.4 Å². The molecule has 1 aliphatic heterocycles. The standard InChI is InChI=1S/C8H12N2O4/c1-3-4(5(11)12)8(2)6(13)9-7(14)10-8/h4H,3H2,1-2H3,(H,11,12)(H2,9,10,13,14). The first-order valence-electron chi connectivity index (χ1n) is 4.28. The van der Waals surface area contributed by atoms with E-state index in [1.807, 2.05) is 5.32 Å². The van der Waals surface area contributed by atoms with Crippen LogP contribution in [0.15, 0.2) is 0 Å². The third kappa shape index (κ3) is 1.43. The van der Waals surface area contributed by atoms with Crippen molar-refractivity contribution in [3.05, 3.63) is 0 Å². The number of amides is 3. The fourth-order valence-corrected chi connectivity index (χ4v) is 1.63. The molecule has 0 spiro atoms. The van der Waals surface area contributed by atoms with Crippen molar-refractivity contribution in [1.82, 2.24) is 10.6 Å². The molecule has 0 radical (unpaired) electrons. The second kappa shape index (κ2) is 3.28. The van der Waals surface area contributed by atoms with Crippen LogP contribution in [0.5, 0.6) is 0 Å². The van der Waals surface area contributed by atoms with Crippen molar-refractivity contribution in [2.24, 2.45) is 5.92 Å². The summed E-state index contributed by atoms with van der Waals surface area (Å²) in [7, 11) is 0. The Balaban J connectivity index is 2.98. The molecule has 0 aliphatic carbocycles. The van der Waals surface area contributed by atoms with Crippen molar-refractivity contribution in [1.29, 1.82) is 0 Å². The van der Waals surface area contributed by atoms with Gasteiger partial charge in [0.2, 0.25) is 0 Å². The molecular formula is C8H12N2O4. The zero-order chi connectivity index (χ0) is 10.9. The van der Waals surface area contributed by atoms with Crippen LogP contribution >= 0.6 is 0 Å². The molecule has 1 rings (SSSR count). The number of carboxylic acids is 1. The molecule has 0 bridgehead atoms. The molecular weight excluding hydrogens is 188 g/mol. The number of hydrogen-bond acceptors (Lipinski definition) is 3. The average molecular weight is 200 g/mol. The van der Waals surface area contributed by atoms with E-state index in [2.05, 4.69) is 5.32 Å². The van der Waals surface area contributed by atoms with Gasteiger partial charge in [-0.1, -0.05) is 6.92 Å². The summed E-state index contributed by atoms with van der Waals surface area (Å²) < 4.78 is 0. The lowest BCUT2D eigenvalue weighted by Crippen LogP contribution is -2.53. The molecule has 78 valence electrons. The van der Waals surface area contributed by atoms with Crippen LogP contribution in [-0.4, -0.2) is 28.6 Å². The van der Waals surface area contributed by atoms with Gasteiger partial charge in [0, 0.05) is 0 Å². The smallest absolute Gasteiger partial charge is 0.322 e. The zero-order valence-corrected chi connectivity index (χ0v) is 7.96. The van der Waals surface area contributed by atoms with Gasteiger partial charge in [-0.05, 0) is 13.3 Å². The summed E-state index contributed by atoms with van der Waals surface area (Å²) in [6, 6.07) is -0.641. The van der Waals surface area contributed by atoms with Crippen LogP contribution in [0.2, 0.25) is 0 Å². The van der Waals surface area contributed by atoms with Gasteiger partial charge in [0.15, 0.2) is 0 Å². The van der Waals surface area contributed by atoms with Crippen molar-refractivity contribution < 1.29 is 19.5 Å². The number of urea groups is 1. The number of aliphatic carboxylic acids is 1. The second-order valence-corrected chi connectivity index (χ2v) is 3.41. The highest BCUT2D eigenvalue weighted by atomic mass is 16.4. The van der Waals surface area contributed by atoms with Crippen LogP contribution in [0, 0.1) is 5.92 Å². The molecule has 1 aliphatic rings. The molecule has 0 aromatic heterocycles. The van der Waals surface area contributed by atoms with E-state index in [0.717, 1.165) is 0 Å². The summed E-state index contributed by atoms with van der Waals surface area (Å²) in [5.41, 5.74) is -1.34. The van der Waals surface area contributed by atoms with E-state index >= 15 is 0 Å². The van der Waals surface area contributed by atoms with Crippen LogP contribution in [0.1, 0.15) is 20.3 Å². The predicted octanol–water partition coefficient (Wildman–Crippen LogP) is -0.305. The SMILES string of the molecule is CCC(C(=O)O)C1(C)NC(=O)NC1=O. The molecule has 2 unspecified atom stereocenters. The maximum absolute atomic E-state index is 11.4. The Morgan fingerprint density at radius 3 is 2.43 bits per heavy atom. The first-order chi connectivity index (χ1) is 6.41. The average Bonchev–Trinajstić information content (AvgIpc) is 2.26. The Kier molecular flexibility index (Phi) is 2.46. The van der Waals surface area contributed by atoms with E-state index in [4.69, 9.17) is 5.11 Å². The van der Waals surface area contributed by atoms with Crippen molar-refractivity contribution in [2.75, 3.05) is 0 Å². The van der Waals surface area contributed by atoms with Gasteiger partial charge in [0.1, 0.15) is 5.54 Å². The number of carboxylic acid groups (broad SMARTS) is 1. The summed E-state index contributed by atoms with van der Waals surface area (Å²) in [6.07, 6.45) is 0.277. The van der Waals surface area contributed by atoms with Gasteiger partial charge in [0.25, 0.3) is 5.91 Å². The molecule has 1 heterocycles. The maximum Gasteiger partial charge on any atom is 0.322 e. The van der Waals surface area contributed by atoms with Crippen LogP contribution in [0.4, 0.5) is 4.79 Å². The highest BCUT2D eigenvalue weighted by molar-refractivity contribution is 6.08. The third-order valence-electron chi connectivity index (χ3n) is 2.48. The highest BCUT2D eigenvalue weighted by Crippen LogP contribution is 2.24. The fourth-order valence-electron chi connectivity index (χ4n) is 1.63. The first kappa shape index (κ1) is 10.5. The Hall–Kier alpha value is -1.59. The molecule has 6 nitrogen and oxygen atoms in total. The lowest BCUT2D eigenvalue weighted by atomic mass is 9.84. The molecule has 0 aromatic carbocycles. The normalized spacial score (nSPS) is 28.1. The third-order valence-corrected chi connectivity index (χ3v) is 2.48. The van der Waals surface area contributed by atoms with Crippen LogP contribution in [-0.2, 0) is 9.59 Å². The summed E-state index contributed by atoms with van der Waals surface area (Å²) in [5.74, 6) is -2.59. The summed E-state index contributed by atoms with van der Waals surface area (Å²) in [4.78, 5) is 33.1. The molecule has 1 saturated heterocycles. The number of imide groups is 1. The minimum absolute atomic E-state index is 0.277. The van der Waals surface area contributed by atoms with Crippen molar-refractivity contribution in [2.45, 2.75) is 25.8 Å². The lowest BCUT2D eigenvalue weighted by molar-refractivity contribution is -0.147. The quantitative estimate of drug-likeness (QED) is 0.545.